The Morgan fingerprint density at radius 1 is 1.24 bits per heavy atom. The molecule has 0 unspecified atom stereocenters. The number of hydrogen-bond donors (Lipinski definition) is 1. The van der Waals surface area contributed by atoms with Gasteiger partial charge in [-0.25, -0.2) is 0 Å². The molecule has 1 rings (SSSR count). The maximum absolute atomic E-state index is 11.4. The third-order valence-corrected chi connectivity index (χ3v) is 2.41. The third kappa shape index (κ3) is 5.29. The SMILES string of the molecule is CCCCNC(=O)C(=O)[CH]Cc1ccccc1. The summed E-state index contributed by atoms with van der Waals surface area (Å²) in [6.45, 7) is 2.61. The molecule has 1 aromatic rings. The van der Waals surface area contributed by atoms with Crippen LogP contribution < -0.4 is 5.32 Å². The van der Waals surface area contributed by atoms with Crippen molar-refractivity contribution in [2.45, 2.75) is 26.2 Å². The van der Waals surface area contributed by atoms with E-state index in [0.29, 0.717) is 13.0 Å². The fraction of sp³-hybridized carbons (Fsp3) is 0.357. The van der Waals surface area contributed by atoms with Crippen LogP contribution in [0.5, 0.6) is 0 Å². The van der Waals surface area contributed by atoms with Gasteiger partial charge in [-0.3, -0.25) is 9.59 Å². The van der Waals surface area contributed by atoms with E-state index in [9.17, 15) is 9.59 Å². The van der Waals surface area contributed by atoms with Crippen LogP contribution in [0.1, 0.15) is 25.3 Å². The van der Waals surface area contributed by atoms with Gasteiger partial charge in [0.15, 0.2) is 0 Å². The van der Waals surface area contributed by atoms with E-state index < -0.39 is 11.7 Å². The number of benzene rings is 1. The highest BCUT2D eigenvalue weighted by Crippen LogP contribution is 2.02. The van der Waals surface area contributed by atoms with Gasteiger partial charge in [-0.05, 0) is 18.4 Å². The average Bonchev–Trinajstić information content (AvgIpc) is 2.37. The molecule has 0 saturated carbocycles. The van der Waals surface area contributed by atoms with Gasteiger partial charge in [0.2, 0.25) is 5.78 Å². The molecule has 1 amide bonds. The summed E-state index contributed by atoms with van der Waals surface area (Å²) in [6, 6.07) is 9.60. The number of unbranched alkanes of at least 4 members (excludes halogenated alkanes) is 1. The number of hydrogen-bond acceptors (Lipinski definition) is 2. The van der Waals surface area contributed by atoms with Crippen LogP contribution in [-0.2, 0) is 16.0 Å². The molecule has 0 heterocycles. The fourth-order valence-corrected chi connectivity index (χ4v) is 1.38. The van der Waals surface area contributed by atoms with Crippen molar-refractivity contribution in [3.05, 3.63) is 42.3 Å². The molecule has 3 heteroatoms. The third-order valence-electron chi connectivity index (χ3n) is 2.41. The van der Waals surface area contributed by atoms with Crippen molar-refractivity contribution in [2.75, 3.05) is 6.54 Å². The molecule has 0 aliphatic heterocycles. The lowest BCUT2D eigenvalue weighted by Gasteiger charge is -2.03. The maximum atomic E-state index is 11.4. The average molecular weight is 232 g/mol. The number of rotatable bonds is 7. The zero-order valence-corrected chi connectivity index (χ0v) is 10.1. The molecule has 0 aliphatic carbocycles. The van der Waals surface area contributed by atoms with Crippen molar-refractivity contribution in [3.63, 3.8) is 0 Å². The second-order valence-electron chi connectivity index (χ2n) is 3.87. The minimum Gasteiger partial charge on any atom is -0.349 e. The van der Waals surface area contributed by atoms with Crippen LogP contribution in [0, 0.1) is 6.42 Å². The van der Waals surface area contributed by atoms with Gasteiger partial charge in [-0.15, -0.1) is 0 Å². The molecular formula is C14H18NO2. The molecule has 3 nitrogen and oxygen atoms in total. The molecular weight excluding hydrogens is 214 g/mol. The van der Waals surface area contributed by atoms with E-state index in [1.807, 2.05) is 37.3 Å². The van der Waals surface area contributed by atoms with Crippen LogP contribution >= 0.6 is 0 Å². The first-order valence-corrected chi connectivity index (χ1v) is 5.93. The molecule has 0 atom stereocenters. The number of Topliss-reactive ketones (excluding diaryl/α,β-unsaturated/α-hetero) is 1. The minimum atomic E-state index is -0.505. The van der Waals surface area contributed by atoms with Crippen molar-refractivity contribution >= 4 is 11.7 Å². The highest BCUT2D eigenvalue weighted by Gasteiger charge is 2.12. The van der Waals surface area contributed by atoms with E-state index in [1.165, 1.54) is 6.42 Å². The topological polar surface area (TPSA) is 46.2 Å². The predicted octanol–water partition coefficient (Wildman–Crippen LogP) is 1.92. The van der Waals surface area contributed by atoms with Crippen LogP contribution in [-0.4, -0.2) is 18.2 Å². The molecule has 1 aromatic carbocycles. The predicted molar refractivity (Wildman–Crippen MR) is 67.4 cm³/mol. The molecule has 0 aromatic heterocycles. The first kappa shape index (κ1) is 13.4. The second-order valence-corrected chi connectivity index (χ2v) is 3.87. The van der Waals surface area contributed by atoms with Gasteiger partial charge >= 0.3 is 0 Å². The highest BCUT2D eigenvalue weighted by molar-refractivity contribution is 6.39. The molecule has 0 bridgehead atoms. The smallest absolute Gasteiger partial charge is 0.287 e. The first-order chi connectivity index (χ1) is 8.24. The van der Waals surface area contributed by atoms with E-state index in [-0.39, 0.29) is 0 Å². The molecule has 0 saturated heterocycles. The van der Waals surface area contributed by atoms with Gasteiger partial charge in [-0.1, -0.05) is 43.7 Å². The van der Waals surface area contributed by atoms with Crippen molar-refractivity contribution in [1.82, 2.24) is 5.32 Å². The van der Waals surface area contributed by atoms with E-state index in [2.05, 4.69) is 5.32 Å². The van der Waals surface area contributed by atoms with E-state index >= 15 is 0 Å². The molecule has 0 fully saturated rings. The Morgan fingerprint density at radius 2 is 1.94 bits per heavy atom. The van der Waals surface area contributed by atoms with Gasteiger partial charge in [-0.2, -0.15) is 0 Å². The summed E-state index contributed by atoms with van der Waals surface area (Å²) in [5, 5.41) is 2.60. The van der Waals surface area contributed by atoms with Crippen molar-refractivity contribution < 1.29 is 9.59 Å². The van der Waals surface area contributed by atoms with Crippen molar-refractivity contribution in [1.29, 1.82) is 0 Å². The Hall–Kier alpha value is -1.64. The Morgan fingerprint density at radius 3 is 2.59 bits per heavy atom. The van der Waals surface area contributed by atoms with Gasteiger partial charge in [0.05, 0.1) is 0 Å². The lowest BCUT2D eigenvalue weighted by molar-refractivity contribution is -0.136. The second kappa shape index (κ2) is 7.60. The van der Waals surface area contributed by atoms with Crippen LogP contribution in [0.25, 0.3) is 0 Å². The first-order valence-electron chi connectivity index (χ1n) is 5.93. The van der Waals surface area contributed by atoms with Crippen LogP contribution in [0.2, 0.25) is 0 Å². The van der Waals surface area contributed by atoms with E-state index in [1.54, 1.807) is 0 Å². The minimum absolute atomic E-state index is 0.454. The molecule has 1 N–H and O–H groups in total. The van der Waals surface area contributed by atoms with Gasteiger partial charge in [0.1, 0.15) is 0 Å². The highest BCUT2D eigenvalue weighted by atomic mass is 16.2. The number of carbonyl (C=O) groups is 2. The summed E-state index contributed by atoms with van der Waals surface area (Å²) in [4.78, 5) is 22.8. The Kier molecular flexibility index (Phi) is 6.00. The number of ketones is 1. The summed E-state index contributed by atoms with van der Waals surface area (Å²) in [6.07, 6.45) is 3.83. The summed E-state index contributed by atoms with van der Waals surface area (Å²) in [5.74, 6) is -0.959. The van der Waals surface area contributed by atoms with E-state index in [0.717, 1.165) is 18.4 Å². The summed E-state index contributed by atoms with van der Waals surface area (Å²) in [7, 11) is 0. The van der Waals surface area contributed by atoms with E-state index in [4.69, 9.17) is 0 Å². The van der Waals surface area contributed by atoms with Gasteiger partial charge in [0, 0.05) is 13.0 Å². The lowest BCUT2D eigenvalue weighted by atomic mass is 10.1. The molecule has 0 aliphatic rings. The number of carbonyl (C=O) groups excluding carboxylic acids is 2. The zero-order chi connectivity index (χ0) is 12.5. The molecule has 17 heavy (non-hydrogen) atoms. The zero-order valence-electron chi connectivity index (χ0n) is 10.1. The monoisotopic (exact) mass is 232 g/mol. The summed E-state index contributed by atoms with van der Waals surface area (Å²) >= 11 is 0. The summed E-state index contributed by atoms with van der Waals surface area (Å²) < 4.78 is 0. The number of amides is 1. The number of nitrogens with one attached hydrogen (secondary N) is 1. The van der Waals surface area contributed by atoms with Crippen LogP contribution in [0.3, 0.4) is 0 Å². The van der Waals surface area contributed by atoms with Crippen LogP contribution in [0.4, 0.5) is 0 Å². The Bertz CT molecular complexity index is 360. The van der Waals surface area contributed by atoms with Crippen molar-refractivity contribution in [2.24, 2.45) is 0 Å². The van der Waals surface area contributed by atoms with Gasteiger partial charge < -0.3 is 5.32 Å². The summed E-state index contributed by atoms with van der Waals surface area (Å²) in [5.41, 5.74) is 1.03. The van der Waals surface area contributed by atoms with Crippen LogP contribution in [0.15, 0.2) is 30.3 Å². The maximum Gasteiger partial charge on any atom is 0.287 e. The molecule has 1 radical (unpaired) electrons. The lowest BCUT2D eigenvalue weighted by Crippen LogP contribution is -2.32. The molecule has 0 spiro atoms. The Balaban J connectivity index is 2.27. The van der Waals surface area contributed by atoms with Crippen molar-refractivity contribution in [3.8, 4) is 0 Å². The normalized spacial score (nSPS) is 9.94. The quantitative estimate of drug-likeness (QED) is 0.576. The largest absolute Gasteiger partial charge is 0.349 e. The Labute approximate surface area is 102 Å². The fourth-order valence-electron chi connectivity index (χ4n) is 1.38. The molecule has 91 valence electrons. The van der Waals surface area contributed by atoms with Gasteiger partial charge in [0.25, 0.3) is 5.91 Å². The standard InChI is InChI=1S/C14H18NO2/c1-2-3-11-15-14(17)13(16)10-9-12-7-5-4-6-8-12/h4-8,10H,2-3,9,11H2,1H3,(H,15,17).